The minimum atomic E-state index is -4.54. The van der Waals surface area contributed by atoms with E-state index in [1.807, 2.05) is 0 Å². The van der Waals surface area contributed by atoms with Crippen LogP contribution in [-0.4, -0.2) is 21.5 Å². The number of hydrogen-bond acceptors (Lipinski definition) is 3. The zero-order valence-electron chi connectivity index (χ0n) is 13.4. The molecular weight excluding hydrogens is 335 g/mol. The maximum Gasteiger partial charge on any atom is 0.435 e. The fourth-order valence-electron chi connectivity index (χ4n) is 2.56. The molecule has 1 heterocycles. The third kappa shape index (κ3) is 4.07. The monoisotopic (exact) mass is 351 g/mol. The first-order valence-electron chi connectivity index (χ1n) is 7.80. The molecule has 0 saturated heterocycles. The van der Waals surface area contributed by atoms with Crippen LogP contribution in [0.2, 0.25) is 0 Å². The molecule has 0 radical (unpaired) electrons. The van der Waals surface area contributed by atoms with Crippen molar-refractivity contribution in [2.75, 3.05) is 5.32 Å². The quantitative estimate of drug-likeness (QED) is 0.837. The summed E-state index contributed by atoms with van der Waals surface area (Å²) < 4.78 is 39.7. The highest BCUT2D eigenvalue weighted by molar-refractivity contribution is 5.97. The third-order valence-electron chi connectivity index (χ3n) is 3.94. The molecule has 3 rings (SSSR count). The molecule has 0 unspecified atom stereocenters. The fraction of sp³-hybridized carbons (Fsp3) is 0.353. The first-order chi connectivity index (χ1) is 11.7. The molecule has 25 heavy (non-hydrogen) atoms. The van der Waals surface area contributed by atoms with Gasteiger partial charge in [-0.3, -0.25) is 14.3 Å². The number of nitrogens with one attached hydrogen (secondary N) is 1. The van der Waals surface area contributed by atoms with E-state index in [9.17, 15) is 22.8 Å². The highest BCUT2D eigenvalue weighted by Crippen LogP contribution is 2.42. The Bertz CT molecular complexity index is 823. The molecular formula is C17H16F3N3O2. The molecule has 1 fully saturated rings. The molecule has 1 aliphatic rings. The van der Waals surface area contributed by atoms with Gasteiger partial charge in [-0.1, -0.05) is 12.1 Å². The average Bonchev–Trinajstić information content (AvgIpc) is 3.27. The third-order valence-corrected chi connectivity index (χ3v) is 3.94. The van der Waals surface area contributed by atoms with E-state index in [2.05, 4.69) is 10.4 Å². The molecule has 132 valence electrons. The van der Waals surface area contributed by atoms with Crippen molar-refractivity contribution in [2.24, 2.45) is 0 Å². The van der Waals surface area contributed by atoms with Gasteiger partial charge in [0.15, 0.2) is 11.5 Å². The average molecular weight is 351 g/mol. The number of alkyl halides is 3. The Hall–Kier alpha value is -2.64. The van der Waals surface area contributed by atoms with Gasteiger partial charge in [-0.05, 0) is 38.0 Å². The summed E-state index contributed by atoms with van der Waals surface area (Å²) in [6.07, 6.45) is -2.95. The van der Waals surface area contributed by atoms with Gasteiger partial charge < -0.3 is 5.32 Å². The molecule has 1 aromatic carbocycles. The second-order valence-corrected chi connectivity index (χ2v) is 6.07. The molecule has 5 nitrogen and oxygen atoms in total. The number of halogens is 3. The SMILES string of the molecule is CC(=O)c1cccc(NC(=O)Cn2nc(C(F)(F)F)cc2C2CC2)c1. The summed E-state index contributed by atoms with van der Waals surface area (Å²) >= 11 is 0. The summed E-state index contributed by atoms with van der Waals surface area (Å²) in [6, 6.07) is 7.38. The van der Waals surface area contributed by atoms with Gasteiger partial charge in [-0.15, -0.1) is 0 Å². The molecule has 1 amide bonds. The van der Waals surface area contributed by atoms with Crippen molar-refractivity contribution >= 4 is 17.4 Å². The minimum absolute atomic E-state index is 0.0254. The van der Waals surface area contributed by atoms with Crippen LogP contribution in [0.25, 0.3) is 0 Å². The van der Waals surface area contributed by atoms with Crippen molar-refractivity contribution < 1.29 is 22.8 Å². The highest BCUT2D eigenvalue weighted by atomic mass is 19.4. The van der Waals surface area contributed by atoms with Crippen molar-refractivity contribution in [3.63, 3.8) is 0 Å². The largest absolute Gasteiger partial charge is 0.435 e. The predicted molar refractivity (Wildman–Crippen MR) is 84.3 cm³/mol. The second-order valence-electron chi connectivity index (χ2n) is 6.07. The Morgan fingerprint density at radius 3 is 2.60 bits per heavy atom. The second kappa shape index (κ2) is 6.34. The Kier molecular flexibility index (Phi) is 4.36. The number of aromatic nitrogens is 2. The van der Waals surface area contributed by atoms with Crippen molar-refractivity contribution in [3.8, 4) is 0 Å². The number of nitrogens with zero attached hydrogens (tertiary/aromatic N) is 2. The van der Waals surface area contributed by atoms with Crippen molar-refractivity contribution in [1.82, 2.24) is 9.78 Å². The van der Waals surface area contributed by atoms with Crippen LogP contribution in [0.15, 0.2) is 30.3 Å². The van der Waals surface area contributed by atoms with Crippen LogP contribution in [0.1, 0.15) is 47.4 Å². The first kappa shape index (κ1) is 17.2. The van der Waals surface area contributed by atoms with E-state index >= 15 is 0 Å². The van der Waals surface area contributed by atoms with E-state index < -0.39 is 17.8 Å². The fourth-order valence-corrected chi connectivity index (χ4v) is 2.56. The number of benzene rings is 1. The molecule has 0 spiro atoms. The Balaban J connectivity index is 1.76. The van der Waals surface area contributed by atoms with E-state index in [-0.39, 0.29) is 18.2 Å². The van der Waals surface area contributed by atoms with Gasteiger partial charge in [-0.25, -0.2) is 0 Å². The summed E-state index contributed by atoms with van der Waals surface area (Å²) in [5, 5.41) is 6.13. The van der Waals surface area contributed by atoms with Crippen LogP contribution in [0.3, 0.4) is 0 Å². The van der Waals surface area contributed by atoms with Crippen molar-refractivity contribution in [2.45, 2.75) is 38.4 Å². The van der Waals surface area contributed by atoms with Crippen LogP contribution in [-0.2, 0) is 17.5 Å². The van der Waals surface area contributed by atoms with Crippen molar-refractivity contribution in [3.05, 3.63) is 47.3 Å². The summed E-state index contributed by atoms with van der Waals surface area (Å²) in [6.45, 7) is 1.09. The number of rotatable bonds is 5. The Morgan fingerprint density at radius 2 is 2.00 bits per heavy atom. The number of hydrogen-bond donors (Lipinski definition) is 1. The molecule has 0 aliphatic heterocycles. The lowest BCUT2D eigenvalue weighted by atomic mass is 10.1. The van der Waals surface area contributed by atoms with Crippen LogP contribution in [0, 0.1) is 0 Å². The Morgan fingerprint density at radius 1 is 1.28 bits per heavy atom. The number of carbonyl (C=O) groups is 2. The maximum atomic E-state index is 12.9. The van der Waals surface area contributed by atoms with Gasteiger partial charge >= 0.3 is 6.18 Å². The highest BCUT2D eigenvalue weighted by Gasteiger charge is 2.38. The van der Waals surface area contributed by atoms with E-state index in [1.165, 1.54) is 13.0 Å². The van der Waals surface area contributed by atoms with Crippen LogP contribution in [0.4, 0.5) is 18.9 Å². The zero-order valence-corrected chi connectivity index (χ0v) is 13.4. The first-order valence-corrected chi connectivity index (χ1v) is 7.80. The van der Waals surface area contributed by atoms with Gasteiger partial charge in [0.05, 0.1) is 0 Å². The molecule has 8 heteroatoms. The normalized spacial score (nSPS) is 14.4. The minimum Gasteiger partial charge on any atom is -0.324 e. The van der Waals surface area contributed by atoms with Gasteiger partial charge in [0.1, 0.15) is 6.54 Å². The number of amides is 1. The lowest BCUT2D eigenvalue weighted by Crippen LogP contribution is -2.21. The number of carbonyl (C=O) groups excluding carboxylic acids is 2. The lowest BCUT2D eigenvalue weighted by molar-refractivity contribution is -0.141. The summed E-state index contributed by atoms with van der Waals surface area (Å²) in [5.41, 5.74) is 0.296. The maximum absolute atomic E-state index is 12.9. The molecule has 1 saturated carbocycles. The van der Waals surface area contributed by atoms with Crippen LogP contribution >= 0.6 is 0 Å². The smallest absolute Gasteiger partial charge is 0.324 e. The van der Waals surface area contributed by atoms with E-state index in [1.54, 1.807) is 18.2 Å². The van der Waals surface area contributed by atoms with Gasteiger partial charge in [0.25, 0.3) is 0 Å². The van der Waals surface area contributed by atoms with Crippen LogP contribution < -0.4 is 5.32 Å². The van der Waals surface area contributed by atoms with E-state index in [0.29, 0.717) is 16.9 Å². The molecule has 0 atom stereocenters. The molecule has 2 aromatic rings. The van der Waals surface area contributed by atoms with Gasteiger partial charge in [-0.2, -0.15) is 18.3 Å². The Labute approximate surface area is 141 Å². The standard InChI is InChI=1S/C17H16F3N3O2/c1-10(24)12-3-2-4-13(7-12)21-16(25)9-23-14(11-5-6-11)8-15(22-23)17(18,19)20/h2-4,7-8,11H,5-6,9H2,1H3,(H,21,25). The van der Waals surface area contributed by atoms with E-state index in [4.69, 9.17) is 0 Å². The topological polar surface area (TPSA) is 64.0 Å². The summed E-state index contributed by atoms with van der Waals surface area (Å²) in [4.78, 5) is 23.5. The van der Waals surface area contributed by atoms with Crippen molar-refractivity contribution in [1.29, 1.82) is 0 Å². The molecule has 0 bridgehead atoms. The molecule has 1 aromatic heterocycles. The molecule has 1 aliphatic carbocycles. The number of ketones is 1. The molecule has 1 N–H and O–H groups in total. The predicted octanol–water partition coefficient (Wildman–Crippen LogP) is 3.62. The number of anilines is 1. The number of Topliss-reactive ketones (excluding diaryl/α,β-unsaturated/α-hetero) is 1. The lowest BCUT2D eigenvalue weighted by Gasteiger charge is -2.09. The van der Waals surface area contributed by atoms with E-state index in [0.717, 1.165) is 23.6 Å². The van der Waals surface area contributed by atoms with Crippen LogP contribution in [0.5, 0.6) is 0 Å². The van der Waals surface area contributed by atoms with Gasteiger partial charge in [0, 0.05) is 22.9 Å². The van der Waals surface area contributed by atoms with Gasteiger partial charge in [0.2, 0.25) is 5.91 Å². The summed E-state index contributed by atoms with van der Waals surface area (Å²) in [5.74, 6) is -0.620. The summed E-state index contributed by atoms with van der Waals surface area (Å²) in [7, 11) is 0. The zero-order chi connectivity index (χ0) is 18.2.